The molecule has 0 saturated carbocycles. The summed E-state index contributed by atoms with van der Waals surface area (Å²) in [6.45, 7) is 0.832. The van der Waals surface area contributed by atoms with E-state index < -0.39 is 10.2 Å². The lowest BCUT2D eigenvalue weighted by atomic mass is 9.98. The Kier molecular flexibility index (Phi) is 4.66. The van der Waals surface area contributed by atoms with Crippen molar-refractivity contribution < 1.29 is 17.2 Å². The van der Waals surface area contributed by atoms with Crippen LogP contribution in [0, 0.1) is 5.82 Å². The number of nitrogens with zero attached hydrogens (tertiary/aromatic N) is 4. The Balaban J connectivity index is 1.68. The second-order valence-corrected chi connectivity index (χ2v) is 8.06. The first-order chi connectivity index (χ1) is 11.4. The van der Waals surface area contributed by atoms with E-state index in [1.807, 2.05) is 0 Å². The van der Waals surface area contributed by atoms with E-state index in [4.69, 9.17) is 4.42 Å². The number of benzene rings is 1. The molecule has 1 fully saturated rings. The molecule has 1 aliphatic heterocycles. The van der Waals surface area contributed by atoms with Gasteiger partial charge < -0.3 is 4.42 Å². The Morgan fingerprint density at radius 2 is 1.79 bits per heavy atom. The average molecular weight is 354 g/mol. The number of rotatable bonds is 4. The number of aromatic nitrogens is 2. The number of halogens is 1. The number of hydrogen-bond acceptors (Lipinski definition) is 5. The molecule has 2 aromatic rings. The lowest BCUT2D eigenvalue weighted by molar-refractivity contribution is 0.279. The Morgan fingerprint density at radius 3 is 2.38 bits per heavy atom. The highest BCUT2D eigenvalue weighted by atomic mass is 32.2. The standard InChI is InChI=1S/C15H19FN4O3S/c1-19(2)24(21,22)20-9-7-12(8-10-20)15-18-17-14(23-15)11-3-5-13(16)6-4-11/h3-6,12H,7-10H2,1-2H3. The van der Waals surface area contributed by atoms with Gasteiger partial charge in [0, 0.05) is 38.7 Å². The number of hydrogen-bond donors (Lipinski definition) is 0. The predicted octanol–water partition coefficient (Wildman–Crippen LogP) is 1.86. The van der Waals surface area contributed by atoms with Crippen LogP contribution in [0.25, 0.3) is 11.5 Å². The van der Waals surface area contributed by atoms with Crippen LogP contribution in [0.1, 0.15) is 24.7 Å². The molecule has 1 aromatic carbocycles. The van der Waals surface area contributed by atoms with Gasteiger partial charge in [-0.1, -0.05) is 0 Å². The third-order valence-electron chi connectivity index (χ3n) is 4.12. The first-order valence-corrected chi connectivity index (χ1v) is 9.04. The van der Waals surface area contributed by atoms with E-state index in [0.29, 0.717) is 43.3 Å². The van der Waals surface area contributed by atoms with Crippen LogP contribution >= 0.6 is 0 Å². The molecule has 0 spiro atoms. The third-order valence-corrected chi connectivity index (χ3v) is 6.06. The summed E-state index contributed by atoms with van der Waals surface area (Å²) in [5.74, 6) is 0.540. The van der Waals surface area contributed by atoms with E-state index in [1.54, 1.807) is 12.1 Å². The lowest BCUT2D eigenvalue weighted by Gasteiger charge is -2.31. The molecule has 3 rings (SSSR count). The fourth-order valence-corrected chi connectivity index (χ4v) is 3.81. The molecule has 0 bridgehead atoms. The van der Waals surface area contributed by atoms with E-state index in [2.05, 4.69) is 10.2 Å². The maximum Gasteiger partial charge on any atom is 0.281 e. The van der Waals surface area contributed by atoms with Crippen molar-refractivity contribution in [2.45, 2.75) is 18.8 Å². The number of piperidine rings is 1. The smallest absolute Gasteiger partial charge is 0.281 e. The van der Waals surface area contributed by atoms with Crippen molar-refractivity contribution in [1.82, 2.24) is 18.8 Å². The molecule has 2 heterocycles. The quantitative estimate of drug-likeness (QED) is 0.837. The van der Waals surface area contributed by atoms with Crippen LogP contribution in [0.15, 0.2) is 28.7 Å². The molecule has 0 amide bonds. The first kappa shape index (κ1) is 17.0. The maximum atomic E-state index is 13.0. The molecule has 1 saturated heterocycles. The van der Waals surface area contributed by atoms with Crippen LogP contribution < -0.4 is 0 Å². The van der Waals surface area contributed by atoms with Gasteiger partial charge in [0.05, 0.1) is 0 Å². The minimum atomic E-state index is -3.38. The highest BCUT2D eigenvalue weighted by Gasteiger charge is 2.32. The zero-order valence-corrected chi connectivity index (χ0v) is 14.3. The van der Waals surface area contributed by atoms with E-state index in [1.165, 1.54) is 34.8 Å². The Morgan fingerprint density at radius 1 is 1.17 bits per heavy atom. The molecule has 0 atom stereocenters. The fraction of sp³-hybridized carbons (Fsp3) is 0.467. The van der Waals surface area contributed by atoms with E-state index >= 15 is 0 Å². The molecule has 1 aromatic heterocycles. The largest absolute Gasteiger partial charge is 0.420 e. The molecule has 0 N–H and O–H groups in total. The second-order valence-electron chi connectivity index (χ2n) is 5.92. The average Bonchev–Trinajstić information content (AvgIpc) is 3.05. The van der Waals surface area contributed by atoms with Gasteiger partial charge in [-0.15, -0.1) is 10.2 Å². The molecule has 9 heteroatoms. The van der Waals surface area contributed by atoms with Gasteiger partial charge in [0.2, 0.25) is 11.8 Å². The molecule has 24 heavy (non-hydrogen) atoms. The van der Waals surface area contributed by atoms with Crippen LogP contribution in [0.5, 0.6) is 0 Å². The minimum absolute atomic E-state index is 0.0281. The Hall–Kier alpha value is -1.84. The monoisotopic (exact) mass is 354 g/mol. The zero-order valence-electron chi connectivity index (χ0n) is 13.5. The molecule has 7 nitrogen and oxygen atoms in total. The van der Waals surface area contributed by atoms with E-state index in [-0.39, 0.29) is 11.7 Å². The van der Waals surface area contributed by atoms with Gasteiger partial charge in [-0.25, -0.2) is 4.39 Å². The van der Waals surface area contributed by atoms with Crippen molar-refractivity contribution in [2.75, 3.05) is 27.2 Å². The topological polar surface area (TPSA) is 79.5 Å². The molecule has 1 aliphatic rings. The van der Waals surface area contributed by atoms with Gasteiger partial charge in [-0.05, 0) is 37.1 Å². The summed E-state index contributed by atoms with van der Waals surface area (Å²) in [6.07, 6.45) is 1.25. The summed E-state index contributed by atoms with van der Waals surface area (Å²) in [7, 11) is -0.338. The molecule has 130 valence electrons. The zero-order chi connectivity index (χ0) is 17.3. The SMILES string of the molecule is CN(C)S(=O)(=O)N1CCC(c2nnc(-c3ccc(F)cc3)o2)CC1. The van der Waals surface area contributed by atoms with Crippen LogP contribution in [-0.4, -0.2) is 54.4 Å². The fourth-order valence-electron chi connectivity index (χ4n) is 2.67. The summed E-state index contributed by atoms with van der Waals surface area (Å²) < 4.78 is 45.6. The van der Waals surface area contributed by atoms with Crippen molar-refractivity contribution >= 4 is 10.2 Å². The molecular formula is C15H19FN4O3S. The molecule has 0 aliphatic carbocycles. The van der Waals surface area contributed by atoms with Gasteiger partial charge in [-0.3, -0.25) is 0 Å². The summed E-state index contributed by atoms with van der Waals surface area (Å²) in [4.78, 5) is 0. The van der Waals surface area contributed by atoms with Gasteiger partial charge in [0.25, 0.3) is 10.2 Å². The highest BCUT2D eigenvalue weighted by molar-refractivity contribution is 7.86. The van der Waals surface area contributed by atoms with Crippen LogP contribution in [-0.2, 0) is 10.2 Å². The highest BCUT2D eigenvalue weighted by Crippen LogP contribution is 2.30. The summed E-state index contributed by atoms with van der Waals surface area (Å²) >= 11 is 0. The van der Waals surface area contributed by atoms with Crippen LogP contribution in [0.3, 0.4) is 0 Å². The van der Waals surface area contributed by atoms with Gasteiger partial charge >= 0.3 is 0 Å². The maximum absolute atomic E-state index is 13.0. The van der Waals surface area contributed by atoms with Gasteiger partial charge in [0.1, 0.15) is 5.82 Å². The Bertz CT molecular complexity index is 796. The van der Waals surface area contributed by atoms with Crippen molar-refractivity contribution in [3.8, 4) is 11.5 Å². The summed E-state index contributed by atoms with van der Waals surface area (Å²) in [5, 5.41) is 8.08. The first-order valence-electron chi connectivity index (χ1n) is 7.65. The van der Waals surface area contributed by atoms with Gasteiger partial charge in [-0.2, -0.15) is 17.0 Å². The second kappa shape index (κ2) is 6.58. The van der Waals surface area contributed by atoms with Crippen LogP contribution in [0.4, 0.5) is 4.39 Å². The van der Waals surface area contributed by atoms with E-state index in [0.717, 1.165) is 0 Å². The van der Waals surface area contributed by atoms with Crippen LogP contribution in [0.2, 0.25) is 0 Å². The van der Waals surface area contributed by atoms with Crippen molar-refractivity contribution in [3.63, 3.8) is 0 Å². The van der Waals surface area contributed by atoms with Gasteiger partial charge in [0.15, 0.2) is 0 Å². The normalized spacial score (nSPS) is 17.5. The third kappa shape index (κ3) is 3.33. The summed E-state index contributed by atoms with van der Waals surface area (Å²) in [6, 6.07) is 5.84. The van der Waals surface area contributed by atoms with Crippen molar-refractivity contribution in [3.05, 3.63) is 36.0 Å². The minimum Gasteiger partial charge on any atom is -0.420 e. The molecule has 0 unspecified atom stereocenters. The molecular weight excluding hydrogens is 335 g/mol. The predicted molar refractivity (Wildman–Crippen MR) is 85.8 cm³/mol. The summed E-state index contributed by atoms with van der Waals surface area (Å²) in [5.41, 5.74) is 0.655. The molecule has 0 radical (unpaired) electrons. The Labute approximate surface area is 140 Å². The van der Waals surface area contributed by atoms with Crippen molar-refractivity contribution in [1.29, 1.82) is 0 Å². The van der Waals surface area contributed by atoms with E-state index in [9.17, 15) is 12.8 Å². The lowest BCUT2D eigenvalue weighted by Crippen LogP contribution is -2.44. The van der Waals surface area contributed by atoms with Crippen molar-refractivity contribution in [2.24, 2.45) is 0 Å².